The van der Waals surface area contributed by atoms with Crippen molar-refractivity contribution in [3.8, 4) is 0 Å². The van der Waals surface area contributed by atoms with Crippen LogP contribution in [-0.2, 0) is 42.9 Å². The van der Waals surface area contributed by atoms with Crippen molar-refractivity contribution in [1.82, 2.24) is 4.90 Å². The molecule has 0 N–H and O–H groups in total. The monoisotopic (exact) mass is 477 g/mol. The second-order valence-corrected chi connectivity index (χ2v) is 7.62. The lowest BCUT2D eigenvalue weighted by molar-refractivity contribution is -0.278. The number of imide groups is 1. The molecule has 2 aliphatic heterocycles. The van der Waals surface area contributed by atoms with Crippen LogP contribution in [0.1, 0.15) is 48.4 Å². The predicted octanol–water partition coefficient (Wildman–Crippen LogP) is 0.366. The van der Waals surface area contributed by atoms with Gasteiger partial charge in [0.05, 0.1) is 11.1 Å². The largest absolute Gasteiger partial charge is 0.463 e. The molecule has 1 saturated heterocycles. The number of benzene rings is 1. The average molecular weight is 477 g/mol. The lowest BCUT2D eigenvalue weighted by Gasteiger charge is -2.46. The van der Waals surface area contributed by atoms with Crippen LogP contribution in [0.3, 0.4) is 0 Å². The standard InChI is InChI=1S/C22H23NO11/c1-10(24)30-9-16-18(31-11(2)25)19(32-12(3)26)17(22(34-16)33-13(4)27)23-20(28)14-7-5-6-8-15(14)21(23)29/h5-8,16-19,22H,9H2,1-4H3/t16-,17+,18+,19+,22+/m1/s1. The molecule has 3 rings (SSSR count). The third-order valence-electron chi connectivity index (χ3n) is 5.08. The van der Waals surface area contributed by atoms with Crippen LogP contribution in [0.2, 0.25) is 0 Å². The van der Waals surface area contributed by atoms with Gasteiger partial charge in [0.2, 0.25) is 6.29 Å². The van der Waals surface area contributed by atoms with Crippen LogP contribution in [0.25, 0.3) is 0 Å². The van der Waals surface area contributed by atoms with E-state index >= 15 is 0 Å². The van der Waals surface area contributed by atoms with E-state index in [1.165, 1.54) is 12.1 Å². The molecule has 0 unspecified atom stereocenters. The van der Waals surface area contributed by atoms with Crippen LogP contribution in [0.15, 0.2) is 24.3 Å². The zero-order valence-electron chi connectivity index (χ0n) is 18.8. The van der Waals surface area contributed by atoms with Crippen LogP contribution in [0.4, 0.5) is 0 Å². The first-order valence-electron chi connectivity index (χ1n) is 10.3. The van der Waals surface area contributed by atoms with Gasteiger partial charge in [-0.05, 0) is 12.1 Å². The van der Waals surface area contributed by atoms with E-state index in [2.05, 4.69) is 0 Å². The fourth-order valence-electron chi connectivity index (χ4n) is 3.90. The molecular formula is C22H23NO11. The topological polar surface area (TPSA) is 152 Å². The highest BCUT2D eigenvalue weighted by Crippen LogP contribution is 2.35. The molecule has 1 fully saturated rings. The van der Waals surface area contributed by atoms with Crippen molar-refractivity contribution < 1.29 is 52.5 Å². The van der Waals surface area contributed by atoms with E-state index in [0.717, 1.165) is 32.6 Å². The van der Waals surface area contributed by atoms with E-state index in [0.29, 0.717) is 0 Å². The summed E-state index contributed by atoms with van der Waals surface area (Å²) >= 11 is 0. The minimum atomic E-state index is -1.63. The zero-order valence-corrected chi connectivity index (χ0v) is 18.8. The Balaban J connectivity index is 2.11. The molecule has 0 radical (unpaired) electrons. The van der Waals surface area contributed by atoms with Crippen LogP contribution in [0, 0.1) is 0 Å². The highest BCUT2D eigenvalue weighted by molar-refractivity contribution is 6.21. The van der Waals surface area contributed by atoms with Crippen molar-refractivity contribution in [3.05, 3.63) is 35.4 Å². The molecule has 0 bridgehead atoms. The highest BCUT2D eigenvalue weighted by Gasteiger charge is 2.58. The lowest BCUT2D eigenvalue weighted by atomic mass is 9.94. The molecule has 1 aromatic carbocycles. The Bertz CT molecular complexity index is 1000. The van der Waals surface area contributed by atoms with Gasteiger partial charge in [0, 0.05) is 27.7 Å². The number of carbonyl (C=O) groups excluding carboxylic acids is 6. The molecule has 182 valence electrons. The Morgan fingerprint density at radius 3 is 1.76 bits per heavy atom. The Morgan fingerprint density at radius 2 is 1.29 bits per heavy atom. The van der Waals surface area contributed by atoms with Gasteiger partial charge in [-0.15, -0.1) is 0 Å². The predicted molar refractivity (Wildman–Crippen MR) is 109 cm³/mol. The number of ether oxygens (including phenoxy) is 5. The Hall–Kier alpha value is -3.80. The first kappa shape index (κ1) is 24.8. The van der Waals surface area contributed by atoms with Gasteiger partial charge in [0.1, 0.15) is 18.8 Å². The molecule has 0 spiro atoms. The Labute approximate surface area is 194 Å². The normalized spacial score (nSPS) is 25.9. The molecule has 5 atom stereocenters. The average Bonchev–Trinajstić information content (AvgIpc) is 2.98. The van der Waals surface area contributed by atoms with E-state index in [4.69, 9.17) is 23.7 Å². The van der Waals surface area contributed by atoms with Crippen molar-refractivity contribution >= 4 is 35.7 Å². The Kier molecular flexibility index (Phi) is 7.30. The molecule has 0 saturated carbocycles. The SMILES string of the molecule is CC(=O)OC[C@H]1O[C@H](OC(C)=O)[C@@H](N2C(=O)c3ccccc3C2=O)[C@H](OC(C)=O)[C@H]1OC(C)=O. The van der Waals surface area contributed by atoms with Gasteiger partial charge >= 0.3 is 23.9 Å². The third kappa shape index (κ3) is 5.06. The number of esters is 4. The van der Waals surface area contributed by atoms with Crippen molar-refractivity contribution in [3.63, 3.8) is 0 Å². The minimum Gasteiger partial charge on any atom is -0.463 e. The molecule has 12 heteroatoms. The summed E-state index contributed by atoms with van der Waals surface area (Å²) in [7, 11) is 0. The maximum Gasteiger partial charge on any atom is 0.305 e. The van der Waals surface area contributed by atoms with Crippen molar-refractivity contribution in [2.45, 2.75) is 58.3 Å². The summed E-state index contributed by atoms with van der Waals surface area (Å²) < 4.78 is 26.7. The molecular weight excluding hydrogens is 454 g/mol. The fourth-order valence-corrected chi connectivity index (χ4v) is 3.90. The molecule has 0 aliphatic carbocycles. The van der Waals surface area contributed by atoms with E-state index in [1.54, 1.807) is 12.1 Å². The second kappa shape index (κ2) is 10.00. The molecule has 2 heterocycles. The molecule has 34 heavy (non-hydrogen) atoms. The van der Waals surface area contributed by atoms with Gasteiger partial charge in [-0.2, -0.15) is 0 Å². The quantitative estimate of drug-likeness (QED) is 0.317. The highest BCUT2D eigenvalue weighted by atomic mass is 16.7. The fraction of sp³-hybridized carbons (Fsp3) is 0.455. The van der Waals surface area contributed by atoms with Crippen LogP contribution in [0.5, 0.6) is 0 Å². The summed E-state index contributed by atoms with van der Waals surface area (Å²) in [6.07, 6.45) is -5.81. The summed E-state index contributed by atoms with van der Waals surface area (Å²) in [4.78, 5) is 74.2. The van der Waals surface area contributed by atoms with E-state index < -0.39 is 72.9 Å². The number of fused-ring (bicyclic) bond motifs is 1. The zero-order chi connectivity index (χ0) is 25.2. The van der Waals surface area contributed by atoms with Crippen LogP contribution < -0.4 is 0 Å². The molecule has 2 amide bonds. The van der Waals surface area contributed by atoms with Crippen LogP contribution in [-0.4, -0.2) is 77.8 Å². The number of hydrogen-bond donors (Lipinski definition) is 0. The van der Waals surface area contributed by atoms with Gasteiger partial charge < -0.3 is 23.7 Å². The minimum absolute atomic E-state index is 0.0849. The number of amides is 2. The number of hydrogen-bond acceptors (Lipinski definition) is 11. The van der Waals surface area contributed by atoms with Crippen LogP contribution >= 0.6 is 0 Å². The van der Waals surface area contributed by atoms with Gasteiger partial charge in [0.25, 0.3) is 11.8 Å². The smallest absolute Gasteiger partial charge is 0.305 e. The molecule has 0 aromatic heterocycles. The Morgan fingerprint density at radius 1 is 0.794 bits per heavy atom. The van der Waals surface area contributed by atoms with E-state index in [-0.39, 0.29) is 11.1 Å². The lowest BCUT2D eigenvalue weighted by Crippen LogP contribution is -2.67. The summed E-state index contributed by atoms with van der Waals surface area (Å²) in [6.45, 7) is 3.91. The summed E-state index contributed by atoms with van der Waals surface area (Å²) in [5.41, 5.74) is 0.170. The van der Waals surface area contributed by atoms with E-state index in [9.17, 15) is 28.8 Å². The summed E-state index contributed by atoms with van der Waals surface area (Å²) in [6, 6.07) is 4.49. The first-order valence-corrected chi connectivity index (χ1v) is 10.3. The maximum absolute atomic E-state index is 13.2. The second-order valence-electron chi connectivity index (χ2n) is 7.62. The number of carbonyl (C=O) groups is 6. The molecule has 2 aliphatic rings. The summed E-state index contributed by atoms with van der Waals surface area (Å²) in [5, 5.41) is 0. The van der Waals surface area contributed by atoms with Crippen molar-refractivity contribution in [2.75, 3.05) is 6.61 Å². The molecule has 12 nitrogen and oxygen atoms in total. The van der Waals surface area contributed by atoms with E-state index in [1.807, 2.05) is 0 Å². The van der Waals surface area contributed by atoms with Gasteiger partial charge in [-0.1, -0.05) is 12.1 Å². The third-order valence-corrected chi connectivity index (χ3v) is 5.08. The number of rotatable bonds is 6. The first-order chi connectivity index (χ1) is 16.0. The molecule has 1 aromatic rings. The van der Waals surface area contributed by atoms with Gasteiger partial charge in [-0.25, -0.2) is 0 Å². The maximum atomic E-state index is 13.2. The van der Waals surface area contributed by atoms with Crippen molar-refractivity contribution in [2.24, 2.45) is 0 Å². The van der Waals surface area contributed by atoms with Crippen molar-refractivity contribution in [1.29, 1.82) is 0 Å². The summed E-state index contributed by atoms with van der Waals surface area (Å²) in [5.74, 6) is -4.64. The van der Waals surface area contributed by atoms with Gasteiger partial charge in [-0.3, -0.25) is 33.7 Å². The van der Waals surface area contributed by atoms with Gasteiger partial charge in [0.15, 0.2) is 12.2 Å². The number of nitrogens with zero attached hydrogens (tertiary/aromatic N) is 1.